The first kappa shape index (κ1) is 14.3. The van der Waals surface area contributed by atoms with Crippen molar-refractivity contribution < 1.29 is 18.7 Å². The van der Waals surface area contributed by atoms with Gasteiger partial charge in [-0.25, -0.2) is 0 Å². The Morgan fingerprint density at radius 2 is 2.13 bits per heavy atom. The zero-order valence-corrected chi connectivity index (χ0v) is 12.0. The summed E-state index contributed by atoms with van der Waals surface area (Å²) in [6.07, 6.45) is 0.484. The molecule has 0 N–H and O–H groups in total. The lowest BCUT2D eigenvalue weighted by molar-refractivity contribution is -0.158. The largest absolute Gasteiger partial charge is 0.527 e. The number of carbonyl (C=O) groups excluding carboxylic acids is 1. The Labute approximate surface area is 94.1 Å². The van der Waals surface area contributed by atoms with Crippen LogP contribution in [0.25, 0.3) is 0 Å². The number of rotatable bonds is 7. The predicted molar refractivity (Wildman–Crippen MR) is 61.7 cm³/mol. The monoisotopic (exact) mass is 232 g/mol. The van der Waals surface area contributed by atoms with Gasteiger partial charge in [-0.05, 0) is 13.8 Å². The molecule has 15 heavy (non-hydrogen) atoms. The lowest BCUT2D eigenvalue weighted by Gasteiger charge is -2.25. The van der Waals surface area contributed by atoms with Gasteiger partial charge in [0.2, 0.25) is 10.5 Å². The van der Waals surface area contributed by atoms with Crippen molar-refractivity contribution in [2.75, 3.05) is 20.3 Å². The van der Waals surface area contributed by atoms with Crippen molar-refractivity contribution in [3.63, 3.8) is 0 Å². The molecule has 88 valence electrons. The van der Waals surface area contributed by atoms with Gasteiger partial charge in [-0.2, -0.15) is 0 Å². The van der Waals surface area contributed by atoms with Gasteiger partial charge in [-0.3, -0.25) is 4.79 Å². The molecule has 0 radical (unpaired) electrons. The molecular formula is C10H20O4Si. The molecule has 0 aliphatic heterocycles. The molecule has 1 atom stereocenters. The molecule has 0 aliphatic rings. The SMILES string of the molecule is C=C(C)COCCC(C)(OC)C(=O)O[SiH3]. The standard InChI is InChI=1S/C10H20O4Si/c1-8(2)7-13-6-5-10(3,12-4)9(11)14-15/h1,5-7H2,2-4,15H3. The molecular weight excluding hydrogens is 212 g/mol. The minimum atomic E-state index is -0.892. The van der Waals surface area contributed by atoms with E-state index in [1.807, 2.05) is 6.92 Å². The molecule has 0 amide bonds. The van der Waals surface area contributed by atoms with Gasteiger partial charge < -0.3 is 13.9 Å². The summed E-state index contributed by atoms with van der Waals surface area (Å²) in [4.78, 5) is 11.4. The van der Waals surface area contributed by atoms with E-state index in [0.29, 0.717) is 30.1 Å². The van der Waals surface area contributed by atoms with Crippen LogP contribution in [-0.4, -0.2) is 42.4 Å². The van der Waals surface area contributed by atoms with Gasteiger partial charge >= 0.3 is 5.97 Å². The van der Waals surface area contributed by atoms with Crippen molar-refractivity contribution >= 4 is 16.5 Å². The van der Waals surface area contributed by atoms with Gasteiger partial charge in [0, 0.05) is 13.5 Å². The first-order valence-corrected chi connectivity index (χ1v) is 5.63. The fraction of sp³-hybridized carbons (Fsp3) is 0.700. The predicted octanol–water partition coefficient (Wildman–Crippen LogP) is 0.198. The molecule has 1 unspecified atom stereocenters. The maximum Gasteiger partial charge on any atom is 0.324 e. The van der Waals surface area contributed by atoms with Crippen LogP contribution in [0.1, 0.15) is 20.3 Å². The maximum atomic E-state index is 11.4. The second-order valence-electron chi connectivity index (χ2n) is 3.69. The van der Waals surface area contributed by atoms with Crippen LogP contribution >= 0.6 is 0 Å². The summed E-state index contributed by atoms with van der Waals surface area (Å²) in [7, 11) is 1.88. The first-order valence-electron chi connectivity index (χ1n) is 4.82. The number of carbonyl (C=O) groups is 1. The van der Waals surface area contributed by atoms with E-state index in [1.54, 1.807) is 6.92 Å². The zero-order valence-electron chi connectivity index (χ0n) is 9.96. The van der Waals surface area contributed by atoms with Crippen molar-refractivity contribution in [2.45, 2.75) is 25.9 Å². The molecule has 0 heterocycles. The quantitative estimate of drug-likeness (QED) is 0.357. The van der Waals surface area contributed by atoms with Gasteiger partial charge in [0.25, 0.3) is 0 Å². The molecule has 0 fully saturated rings. The highest BCUT2D eigenvalue weighted by Crippen LogP contribution is 2.16. The zero-order chi connectivity index (χ0) is 11.9. The second kappa shape index (κ2) is 6.76. The Kier molecular flexibility index (Phi) is 6.47. The lowest BCUT2D eigenvalue weighted by Crippen LogP contribution is -2.39. The van der Waals surface area contributed by atoms with E-state index in [9.17, 15) is 4.79 Å². The van der Waals surface area contributed by atoms with E-state index in [4.69, 9.17) is 13.9 Å². The van der Waals surface area contributed by atoms with Crippen LogP contribution in [0.15, 0.2) is 12.2 Å². The average Bonchev–Trinajstić information content (AvgIpc) is 2.22. The fourth-order valence-electron chi connectivity index (χ4n) is 1.02. The molecule has 0 aromatic rings. The normalized spacial score (nSPS) is 14.6. The van der Waals surface area contributed by atoms with Crippen molar-refractivity contribution in [1.29, 1.82) is 0 Å². The number of methoxy groups -OCH3 is 1. The smallest absolute Gasteiger partial charge is 0.324 e. The molecule has 0 bridgehead atoms. The van der Waals surface area contributed by atoms with Crippen molar-refractivity contribution in [1.82, 2.24) is 0 Å². The van der Waals surface area contributed by atoms with Crippen molar-refractivity contribution in [3.8, 4) is 0 Å². The molecule has 0 aromatic carbocycles. The van der Waals surface area contributed by atoms with Gasteiger partial charge in [0.1, 0.15) is 0 Å². The summed E-state index contributed by atoms with van der Waals surface area (Å²) in [6.45, 7) is 8.28. The van der Waals surface area contributed by atoms with Crippen LogP contribution in [0.4, 0.5) is 0 Å². The summed E-state index contributed by atoms with van der Waals surface area (Å²) in [5, 5.41) is 0. The lowest BCUT2D eigenvalue weighted by atomic mass is 10.0. The fourth-order valence-corrected chi connectivity index (χ4v) is 1.45. The minimum Gasteiger partial charge on any atom is -0.527 e. The summed E-state index contributed by atoms with van der Waals surface area (Å²) in [5.74, 6) is -0.324. The van der Waals surface area contributed by atoms with Crippen LogP contribution < -0.4 is 0 Å². The highest BCUT2D eigenvalue weighted by molar-refractivity contribution is 6.06. The molecule has 0 rings (SSSR count). The Hall–Kier alpha value is -0.653. The number of hydrogen-bond acceptors (Lipinski definition) is 4. The third-order valence-electron chi connectivity index (χ3n) is 2.14. The molecule has 4 nitrogen and oxygen atoms in total. The van der Waals surface area contributed by atoms with Gasteiger partial charge in [-0.1, -0.05) is 12.2 Å². The van der Waals surface area contributed by atoms with Crippen LogP contribution in [0.3, 0.4) is 0 Å². The Balaban J connectivity index is 3.99. The summed E-state index contributed by atoms with van der Waals surface area (Å²) >= 11 is 0. The Bertz CT molecular complexity index is 229. The van der Waals surface area contributed by atoms with E-state index in [2.05, 4.69) is 6.58 Å². The Morgan fingerprint density at radius 3 is 2.53 bits per heavy atom. The topological polar surface area (TPSA) is 44.8 Å². The number of hydrogen-bond donors (Lipinski definition) is 0. The van der Waals surface area contributed by atoms with Gasteiger partial charge in [-0.15, -0.1) is 0 Å². The third-order valence-corrected chi connectivity index (χ3v) is 2.51. The van der Waals surface area contributed by atoms with E-state index >= 15 is 0 Å². The molecule has 0 saturated carbocycles. The average molecular weight is 232 g/mol. The van der Waals surface area contributed by atoms with E-state index in [0.717, 1.165) is 5.57 Å². The summed E-state index contributed by atoms with van der Waals surface area (Å²) in [6, 6.07) is 0. The molecule has 5 heteroatoms. The van der Waals surface area contributed by atoms with Crippen LogP contribution in [0.5, 0.6) is 0 Å². The maximum absolute atomic E-state index is 11.4. The van der Waals surface area contributed by atoms with Crippen molar-refractivity contribution in [2.24, 2.45) is 0 Å². The molecule has 0 spiro atoms. The second-order valence-corrected chi connectivity index (χ2v) is 4.09. The van der Waals surface area contributed by atoms with Gasteiger partial charge in [0.15, 0.2) is 5.60 Å². The summed E-state index contributed by atoms with van der Waals surface area (Å²) in [5.41, 5.74) is 0.0659. The molecule has 0 aromatic heterocycles. The third kappa shape index (κ3) is 5.11. The Morgan fingerprint density at radius 1 is 1.53 bits per heavy atom. The van der Waals surface area contributed by atoms with E-state index in [1.165, 1.54) is 7.11 Å². The van der Waals surface area contributed by atoms with Crippen LogP contribution in [-0.2, 0) is 18.7 Å². The molecule has 0 saturated heterocycles. The minimum absolute atomic E-state index is 0.324. The number of ether oxygens (including phenoxy) is 2. The highest BCUT2D eigenvalue weighted by atomic mass is 28.2. The van der Waals surface area contributed by atoms with Crippen molar-refractivity contribution in [3.05, 3.63) is 12.2 Å². The highest BCUT2D eigenvalue weighted by Gasteiger charge is 2.33. The van der Waals surface area contributed by atoms with E-state index < -0.39 is 5.60 Å². The van der Waals surface area contributed by atoms with Crippen LogP contribution in [0.2, 0.25) is 0 Å². The van der Waals surface area contributed by atoms with Crippen LogP contribution in [0, 0.1) is 0 Å². The summed E-state index contributed by atoms with van der Waals surface area (Å²) < 4.78 is 15.2. The van der Waals surface area contributed by atoms with E-state index in [-0.39, 0.29) is 5.97 Å². The van der Waals surface area contributed by atoms with Gasteiger partial charge in [0.05, 0.1) is 13.2 Å². The first-order chi connectivity index (χ1) is 6.96. The molecule has 0 aliphatic carbocycles.